The molecule has 3 rings (SSSR count). The van der Waals surface area contributed by atoms with Crippen LogP contribution in [-0.4, -0.2) is 36.9 Å². The molecular formula is C16H21NO2. The van der Waals surface area contributed by atoms with E-state index in [0.29, 0.717) is 25.2 Å². The van der Waals surface area contributed by atoms with Crippen molar-refractivity contribution in [2.45, 2.75) is 32.1 Å². The van der Waals surface area contributed by atoms with Crippen LogP contribution in [-0.2, 0) is 17.6 Å². The van der Waals surface area contributed by atoms with Crippen LogP contribution >= 0.6 is 0 Å². The fraction of sp³-hybridized carbons (Fsp3) is 0.562. The number of piperidine rings is 1. The summed E-state index contributed by atoms with van der Waals surface area (Å²) in [5.41, 5.74) is 2.95. The Bertz CT molecular complexity index is 460. The molecule has 19 heavy (non-hydrogen) atoms. The first-order chi connectivity index (χ1) is 9.31. The van der Waals surface area contributed by atoms with Crippen LogP contribution in [0.2, 0.25) is 0 Å². The first kappa shape index (κ1) is 12.7. The minimum absolute atomic E-state index is 0.399. The molecule has 0 aromatic heterocycles. The van der Waals surface area contributed by atoms with Crippen molar-refractivity contribution in [1.29, 1.82) is 0 Å². The van der Waals surface area contributed by atoms with Crippen LogP contribution in [0.15, 0.2) is 18.2 Å². The predicted octanol–water partition coefficient (Wildman–Crippen LogP) is 2.22. The molecule has 1 aliphatic carbocycles. The van der Waals surface area contributed by atoms with E-state index in [2.05, 4.69) is 23.1 Å². The lowest BCUT2D eigenvalue weighted by molar-refractivity contribution is -0.121. The minimum atomic E-state index is 0.399. The van der Waals surface area contributed by atoms with Gasteiger partial charge in [-0.05, 0) is 42.5 Å². The summed E-state index contributed by atoms with van der Waals surface area (Å²) in [7, 11) is 0. The number of aryl methyl sites for hydroxylation is 2. The molecular weight excluding hydrogens is 238 g/mol. The summed E-state index contributed by atoms with van der Waals surface area (Å²) in [5, 5.41) is 0. The summed E-state index contributed by atoms with van der Waals surface area (Å²) in [6.45, 7) is 3.43. The fourth-order valence-corrected chi connectivity index (χ4v) is 2.96. The molecule has 1 aromatic carbocycles. The van der Waals surface area contributed by atoms with E-state index < -0.39 is 0 Å². The number of likely N-dealkylation sites (tertiary alicyclic amines) is 1. The van der Waals surface area contributed by atoms with E-state index in [9.17, 15) is 4.79 Å². The second-order valence-corrected chi connectivity index (χ2v) is 5.51. The van der Waals surface area contributed by atoms with E-state index in [0.717, 1.165) is 25.4 Å². The summed E-state index contributed by atoms with van der Waals surface area (Å²) in [5.74, 6) is 1.39. The highest BCUT2D eigenvalue weighted by Gasteiger charge is 2.16. The van der Waals surface area contributed by atoms with Gasteiger partial charge >= 0.3 is 0 Å². The number of rotatable bonds is 4. The molecule has 1 fully saturated rings. The maximum atomic E-state index is 11.2. The third-order valence-corrected chi connectivity index (χ3v) is 4.16. The number of carbonyl (C=O) groups is 1. The Morgan fingerprint density at radius 1 is 1.05 bits per heavy atom. The van der Waals surface area contributed by atoms with Gasteiger partial charge in [0.05, 0.1) is 0 Å². The molecule has 0 bridgehead atoms. The molecule has 1 aliphatic heterocycles. The topological polar surface area (TPSA) is 29.5 Å². The van der Waals surface area contributed by atoms with Crippen LogP contribution in [0, 0.1) is 0 Å². The number of benzene rings is 1. The zero-order chi connectivity index (χ0) is 13.1. The van der Waals surface area contributed by atoms with Crippen molar-refractivity contribution >= 4 is 5.78 Å². The van der Waals surface area contributed by atoms with E-state index in [-0.39, 0.29) is 0 Å². The Morgan fingerprint density at radius 2 is 1.84 bits per heavy atom. The fourth-order valence-electron chi connectivity index (χ4n) is 2.96. The summed E-state index contributed by atoms with van der Waals surface area (Å²) < 4.78 is 5.83. The molecule has 2 aliphatic rings. The molecule has 102 valence electrons. The smallest absolute Gasteiger partial charge is 0.135 e. The number of hydrogen-bond donors (Lipinski definition) is 0. The summed E-state index contributed by atoms with van der Waals surface area (Å²) >= 11 is 0. The third-order valence-electron chi connectivity index (χ3n) is 4.16. The van der Waals surface area contributed by atoms with Crippen LogP contribution in [0.1, 0.15) is 30.4 Å². The van der Waals surface area contributed by atoms with Crippen LogP contribution in [0.3, 0.4) is 0 Å². The molecule has 0 spiro atoms. The van der Waals surface area contributed by atoms with Crippen LogP contribution in [0.25, 0.3) is 0 Å². The van der Waals surface area contributed by atoms with Crippen LogP contribution in [0.4, 0.5) is 0 Å². The lowest BCUT2D eigenvalue weighted by Gasteiger charge is -2.25. The van der Waals surface area contributed by atoms with Gasteiger partial charge in [-0.25, -0.2) is 0 Å². The quantitative estimate of drug-likeness (QED) is 0.830. The van der Waals surface area contributed by atoms with E-state index in [1.807, 2.05) is 0 Å². The standard InChI is InChI=1S/C16H21NO2/c18-15-6-8-17(9-7-15)10-11-19-16-5-4-13-2-1-3-14(13)12-16/h4-5,12H,1-3,6-11H2. The van der Waals surface area contributed by atoms with Crippen molar-refractivity contribution in [2.24, 2.45) is 0 Å². The Hall–Kier alpha value is -1.35. The molecule has 0 radical (unpaired) electrons. The van der Waals surface area contributed by atoms with E-state index in [1.54, 1.807) is 0 Å². The number of ether oxygens (including phenoxy) is 1. The molecule has 1 aromatic rings. The number of carbonyl (C=O) groups excluding carboxylic acids is 1. The van der Waals surface area contributed by atoms with E-state index in [1.165, 1.54) is 30.4 Å². The first-order valence-corrected chi connectivity index (χ1v) is 7.30. The molecule has 1 saturated heterocycles. The van der Waals surface area contributed by atoms with Gasteiger partial charge in [-0.2, -0.15) is 0 Å². The maximum absolute atomic E-state index is 11.2. The van der Waals surface area contributed by atoms with Gasteiger partial charge in [-0.1, -0.05) is 6.07 Å². The van der Waals surface area contributed by atoms with Crippen molar-refractivity contribution in [3.8, 4) is 5.75 Å². The maximum Gasteiger partial charge on any atom is 0.135 e. The van der Waals surface area contributed by atoms with Gasteiger partial charge in [0.25, 0.3) is 0 Å². The van der Waals surface area contributed by atoms with Gasteiger partial charge in [0.1, 0.15) is 18.1 Å². The monoisotopic (exact) mass is 259 g/mol. The largest absolute Gasteiger partial charge is 0.492 e. The van der Waals surface area contributed by atoms with Gasteiger partial charge in [0.2, 0.25) is 0 Å². The number of nitrogens with zero attached hydrogens (tertiary/aromatic N) is 1. The Balaban J connectivity index is 1.46. The second-order valence-electron chi connectivity index (χ2n) is 5.51. The van der Waals surface area contributed by atoms with Crippen LogP contribution in [0.5, 0.6) is 5.75 Å². The highest BCUT2D eigenvalue weighted by molar-refractivity contribution is 5.79. The molecule has 0 N–H and O–H groups in total. The van der Waals surface area contributed by atoms with Gasteiger partial charge in [-0.15, -0.1) is 0 Å². The van der Waals surface area contributed by atoms with Gasteiger partial charge in [-0.3, -0.25) is 9.69 Å². The summed E-state index contributed by atoms with van der Waals surface area (Å²) in [6.07, 6.45) is 5.11. The van der Waals surface area contributed by atoms with Gasteiger partial charge in [0.15, 0.2) is 0 Å². The zero-order valence-corrected chi connectivity index (χ0v) is 11.4. The highest BCUT2D eigenvalue weighted by atomic mass is 16.5. The summed E-state index contributed by atoms with van der Waals surface area (Å²) in [6, 6.07) is 6.49. The van der Waals surface area contributed by atoms with E-state index in [4.69, 9.17) is 4.74 Å². The molecule has 0 amide bonds. The minimum Gasteiger partial charge on any atom is -0.492 e. The molecule has 3 nitrogen and oxygen atoms in total. The Labute approximate surface area is 114 Å². The SMILES string of the molecule is O=C1CCN(CCOc2ccc3c(c2)CCC3)CC1. The first-order valence-electron chi connectivity index (χ1n) is 7.30. The van der Waals surface area contributed by atoms with Crippen molar-refractivity contribution in [1.82, 2.24) is 4.90 Å². The number of fused-ring (bicyclic) bond motifs is 1. The normalized spacial score (nSPS) is 19.5. The van der Waals surface area contributed by atoms with Gasteiger partial charge < -0.3 is 4.74 Å². The molecule has 0 saturated carbocycles. The Morgan fingerprint density at radius 3 is 2.68 bits per heavy atom. The Kier molecular flexibility index (Phi) is 3.83. The lowest BCUT2D eigenvalue weighted by Crippen LogP contribution is -2.36. The van der Waals surface area contributed by atoms with Crippen molar-refractivity contribution in [3.63, 3.8) is 0 Å². The molecule has 0 unspecified atom stereocenters. The van der Waals surface area contributed by atoms with Crippen molar-refractivity contribution in [2.75, 3.05) is 26.2 Å². The number of Topliss-reactive ketones (excluding diaryl/α,β-unsaturated/α-hetero) is 1. The number of hydrogen-bond acceptors (Lipinski definition) is 3. The molecule has 0 atom stereocenters. The third kappa shape index (κ3) is 3.16. The molecule has 1 heterocycles. The van der Waals surface area contributed by atoms with Crippen molar-refractivity contribution in [3.05, 3.63) is 29.3 Å². The van der Waals surface area contributed by atoms with Crippen LogP contribution < -0.4 is 4.74 Å². The zero-order valence-electron chi connectivity index (χ0n) is 11.4. The predicted molar refractivity (Wildman–Crippen MR) is 74.6 cm³/mol. The summed E-state index contributed by atoms with van der Waals surface area (Å²) in [4.78, 5) is 13.5. The second kappa shape index (κ2) is 5.74. The van der Waals surface area contributed by atoms with Gasteiger partial charge in [0, 0.05) is 32.5 Å². The van der Waals surface area contributed by atoms with Crippen molar-refractivity contribution < 1.29 is 9.53 Å². The highest BCUT2D eigenvalue weighted by Crippen LogP contribution is 2.25. The van der Waals surface area contributed by atoms with E-state index >= 15 is 0 Å². The average molecular weight is 259 g/mol. The molecule has 3 heteroatoms. The lowest BCUT2D eigenvalue weighted by atomic mass is 10.1. The average Bonchev–Trinajstić information content (AvgIpc) is 2.88. The number of ketones is 1.